The average molecular weight is 295 g/mol. The molecule has 2 N–H and O–H groups in total. The molecule has 1 aliphatic carbocycles. The van der Waals surface area contributed by atoms with E-state index in [-0.39, 0.29) is 0 Å². The molecule has 2 aromatic rings. The van der Waals surface area contributed by atoms with Gasteiger partial charge < -0.3 is 10.6 Å². The number of anilines is 3. The van der Waals surface area contributed by atoms with E-state index in [0.717, 1.165) is 18.5 Å². The van der Waals surface area contributed by atoms with Crippen LogP contribution < -0.4 is 10.6 Å². The van der Waals surface area contributed by atoms with Crippen LogP contribution in [0.25, 0.3) is 0 Å². The Bertz CT molecular complexity index is 599. The molecule has 0 atom stereocenters. The first-order chi connectivity index (χ1) is 9.20. The molecule has 1 fully saturated rings. The maximum Gasteiger partial charge on any atom is 0.229 e. The van der Waals surface area contributed by atoms with Gasteiger partial charge in [0.1, 0.15) is 5.02 Å². The van der Waals surface area contributed by atoms with Crippen LogP contribution in [-0.4, -0.2) is 16.0 Å². The molecule has 0 radical (unpaired) electrons. The number of nitrogens with zero attached hydrogens (tertiary/aromatic N) is 2. The van der Waals surface area contributed by atoms with Crippen molar-refractivity contribution in [3.8, 4) is 0 Å². The molecule has 0 bridgehead atoms. The molecule has 98 valence electrons. The molecule has 1 aliphatic rings. The van der Waals surface area contributed by atoms with Crippen molar-refractivity contribution in [3.05, 3.63) is 40.5 Å². The van der Waals surface area contributed by atoms with Crippen LogP contribution in [0.15, 0.2) is 30.5 Å². The topological polar surface area (TPSA) is 49.8 Å². The van der Waals surface area contributed by atoms with Gasteiger partial charge in [-0.2, -0.15) is 4.98 Å². The van der Waals surface area contributed by atoms with Crippen LogP contribution in [0.1, 0.15) is 12.8 Å². The quantitative estimate of drug-likeness (QED) is 0.891. The van der Waals surface area contributed by atoms with Crippen molar-refractivity contribution < 1.29 is 0 Å². The second kappa shape index (κ2) is 5.23. The molecule has 0 spiro atoms. The van der Waals surface area contributed by atoms with Crippen LogP contribution in [-0.2, 0) is 0 Å². The molecular weight excluding hydrogens is 283 g/mol. The zero-order valence-electron chi connectivity index (χ0n) is 10.0. The summed E-state index contributed by atoms with van der Waals surface area (Å²) in [6, 6.07) is 7.89. The molecular formula is C13H12Cl2N4. The van der Waals surface area contributed by atoms with Gasteiger partial charge in [0.05, 0.1) is 6.20 Å². The third kappa shape index (κ3) is 3.28. The van der Waals surface area contributed by atoms with Gasteiger partial charge in [-0.25, -0.2) is 4.98 Å². The second-order valence-corrected chi connectivity index (χ2v) is 5.29. The SMILES string of the molecule is Clc1cccc(Nc2ncc(Cl)c(NC3CC3)n2)c1. The van der Waals surface area contributed by atoms with Crippen molar-refractivity contribution in [2.45, 2.75) is 18.9 Å². The Morgan fingerprint density at radius 2 is 2.05 bits per heavy atom. The van der Waals surface area contributed by atoms with Gasteiger partial charge in [0.2, 0.25) is 5.95 Å². The van der Waals surface area contributed by atoms with E-state index >= 15 is 0 Å². The van der Waals surface area contributed by atoms with Crippen LogP contribution in [0.4, 0.5) is 17.5 Å². The van der Waals surface area contributed by atoms with Crippen molar-refractivity contribution in [1.29, 1.82) is 0 Å². The van der Waals surface area contributed by atoms with Crippen molar-refractivity contribution >= 4 is 40.7 Å². The summed E-state index contributed by atoms with van der Waals surface area (Å²) in [6.45, 7) is 0. The van der Waals surface area contributed by atoms with E-state index in [1.807, 2.05) is 24.3 Å². The summed E-state index contributed by atoms with van der Waals surface area (Å²) in [7, 11) is 0. The predicted molar refractivity (Wildman–Crippen MR) is 78.4 cm³/mol. The largest absolute Gasteiger partial charge is 0.366 e. The maximum absolute atomic E-state index is 6.06. The highest BCUT2D eigenvalue weighted by atomic mass is 35.5. The van der Waals surface area contributed by atoms with Gasteiger partial charge in [0, 0.05) is 16.8 Å². The van der Waals surface area contributed by atoms with Gasteiger partial charge in [0.15, 0.2) is 5.82 Å². The summed E-state index contributed by atoms with van der Waals surface area (Å²) in [4.78, 5) is 8.52. The number of halogens is 2. The Labute approximate surface area is 121 Å². The number of hydrogen-bond acceptors (Lipinski definition) is 4. The highest BCUT2D eigenvalue weighted by molar-refractivity contribution is 6.32. The van der Waals surface area contributed by atoms with Gasteiger partial charge in [-0.05, 0) is 31.0 Å². The lowest BCUT2D eigenvalue weighted by Gasteiger charge is -2.09. The van der Waals surface area contributed by atoms with Crippen molar-refractivity contribution in [2.24, 2.45) is 0 Å². The molecule has 0 amide bonds. The molecule has 0 saturated heterocycles. The van der Waals surface area contributed by atoms with E-state index in [2.05, 4.69) is 20.6 Å². The Balaban J connectivity index is 1.80. The predicted octanol–water partition coefficient (Wildman–Crippen LogP) is 4.10. The Kier molecular flexibility index (Phi) is 3.44. The first kappa shape index (κ1) is 12.5. The van der Waals surface area contributed by atoms with Crippen molar-refractivity contribution in [2.75, 3.05) is 10.6 Å². The van der Waals surface area contributed by atoms with Gasteiger partial charge in [-0.3, -0.25) is 0 Å². The molecule has 19 heavy (non-hydrogen) atoms. The zero-order valence-corrected chi connectivity index (χ0v) is 11.5. The minimum absolute atomic E-state index is 0.492. The molecule has 1 aromatic carbocycles. The lowest BCUT2D eigenvalue weighted by Crippen LogP contribution is -2.06. The van der Waals surface area contributed by atoms with Gasteiger partial charge >= 0.3 is 0 Å². The lowest BCUT2D eigenvalue weighted by atomic mass is 10.3. The van der Waals surface area contributed by atoms with Gasteiger partial charge in [-0.1, -0.05) is 29.3 Å². The van der Waals surface area contributed by atoms with Gasteiger partial charge in [0.25, 0.3) is 0 Å². The summed E-state index contributed by atoms with van der Waals surface area (Å²) in [6.07, 6.45) is 3.92. The fourth-order valence-corrected chi connectivity index (χ4v) is 1.98. The smallest absolute Gasteiger partial charge is 0.229 e. The summed E-state index contributed by atoms with van der Waals surface area (Å²) in [5.74, 6) is 1.17. The average Bonchev–Trinajstić information content (AvgIpc) is 3.17. The number of benzene rings is 1. The summed E-state index contributed by atoms with van der Waals surface area (Å²) >= 11 is 12.0. The monoisotopic (exact) mass is 294 g/mol. The Morgan fingerprint density at radius 3 is 2.79 bits per heavy atom. The first-order valence-corrected chi connectivity index (χ1v) is 6.78. The fourth-order valence-electron chi connectivity index (χ4n) is 1.64. The number of hydrogen-bond donors (Lipinski definition) is 2. The minimum atomic E-state index is 0.492. The third-order valence-electron chi connectivity index (χ3n) is 2.74. The van der Waals surface area contributed by atoms with Crippen LogP contribution >= 0.6 is 23.2 Å². The molecule has 1 saturated carbocycles. The Morgan fingerprint density at radius 1 is 1.21 bits per heavy atom. The van der Waals surface area contributed by atoms with Crippen molar-refractivity contribution in [3.63, 3.8) is 0 Å². The van der Waals surface area contributed by atoms with Crippen LogP contribution in [0.3, 0.4) is 0 Å². The summed E-state index contributed by atoms with van der Waals surface area (Å²) in [5.41, 5.74) is 0.840. The fraction of sp³-hybridized carbons (Fsp3) is 0.231. The molecule has 1 heterocycles. The third-order valence-corrected chi connectivity index (χ3v) is 3.25. The van der Waals surface area contributed by atoms with E-state index < -0.39 is 0 Å². The minimum Gasteiger partial charge on any atom is -0.366 e. The van der Waals surface area contributed by atoms with Crippen molar-refractivity contribution in [1.82, 2.24) is 9.97 Å². The second-order valence-electron chi connectivity index (χ2n) is 4.44. The summed E-state index contributed by atoms with van der Waals surface area (Å²) in [5, 5.41) is 7.57. The number of nitrogens with one attached hydrogen (secondary N) is 2. The van der Waals surface area contributed by atoms with E-state index in [9.17, 15) is 0 Å². The molecule has 0 aliphatic heterocycles. The normalized spacial score (nSPS) is 14.2. The molecule has 6 heteroatoms. The zero-order chi connectivity index (χ0) is 13.2. The Hall–Kier alpha value is -1.52. The first-order valence-electron chi connectivity index (χ1n) is 6.02. The van der Waals surface area contributed by atoms with Gasteiger partial charge in [-0.15, -0.1) is 0 Å². The number of aromatic nitrogens is 2. The molecule has 1 aromatic heterocycles. The standard InChI is InChI=1S/C13H12Cl2N4/c14-8-2-1-3-10(6-8)18-13-16-7-11(15)12(19-13)17-9-4-5-9/h1-3,6-7,9H,4-5H2,(H2,16,17,18,19). The number of rotatable bonds is 4. The molecule has 4 nitrogen and oxygen atoms in total. The maximum atomic E-state index is 6.06. The van der Waals surface area contributed by atoms with E-state index in [0.29, 0.717) is 27.9 Å². The van der Waals surface area contributed by atoms with Crippen LogP contribution in [0, 0.1) is 0 Å². The van der Waals surface area contributed by atoms with E-state index in [1.54, 1.807) is 6.20 Å². The highest BCUT2D eigenvalue weighted by Gasteiger charge is 2.22. The van der Waals surface area contributed by atoms with Crippen LogP contribution in [0.5, 0.6) is 0 Å². The molecule has 0 unspecified atom stereocenters. The summed E-state index contributed by atoms with van der Waals surface area (Å²) < 4.78 is 0. The van der Waals surface area contributed by atoms with Crippen LogP contribution in [0.2, 0.25) is 10.0 Å². The van der Waals surface area contributed by atoms with E-state index in [1.165, 1.54) is 0 Å². The highest BCUT2D eigenvalue weighted by Crippen LogP contribution is 2.28. The molecule has 3 rings (SSSR count). The lowest BCUT2D eigenvalue weighted by molar-refractivity contribution is 1.08. The van der Waals surface area contributed by atoms with E-state index in [4.69, 9.17) is 23.2 Å².